The topological polar surface area (TPSA) is 41.8 Å². The third-order valence-corrected chi connectivity index (χ3v) is 3.26. The molecule has 1 saturated carbocycles. The highest BCUT2D eigenvalue weighted by molar-refractivity contribution is 5.26. The summed E-state index contributed by atoms with van der Waals surface area (Å²) in [6, 6.07) is 4.21. The van der Waals surface area contributed by atoms with E-state index in [-0.39, 0.29) is 0 Å². The summed E-state index contributed by atoms with van der Waals surface area (Å²) >= 11 is 0. The lowest BCUT2D eigenvalue weighted by Gasteiger charge is -1.99. The zero-order chi connectivity index (χ0) is 8.77. The van der Waals surface area contributed by atoms with Crippen LogP contribution in [0.3, 0.4) is 0 Å². The van der Waals surface area contributed by atoms with Gasteiger partial charge >= 0.3 is 0 Å². The molecule has 12 heavy (non-hydrogen) atoms. The van der Waals surface area contributed by atoms with Crippen molar-refractivity contribution in [3.05, 3.63) is 24.0 Å². The van der Waals surface area contributed by atoms with Gasteiger partial charge in [0.05, 0.1) is 0 Å². The minimum absolute atomic E-state index is 0.402. The van der Waals surface area contributed by atoms with Gasteiger partial charge in [0.15, 0.2) is 0 Å². The van der Waals surface area contributed by atoms with E-state index in [0.29, 0.717) is 17.3 Å². The Kier molecular flexibility index (Phi) is 1.55. The lowest BCUT2D eigenvalue weighted by atomic mass is 10.1. The molecule has 0 unspecified atom stereocenters. The van der Waals surface area contributed by atoms with E-state index < -0.39 is 0 Å². The first-order valence-electron chi connectivity index (χ1n) is 4.51. The fraction of sp³-hybridized carbons (Fsp3) is 0.600. The zero-order valence-electron chi connectivity index (χ0n) is 7.67. The van der Waals surface area contributed by atoms with E-state index in [4.69, 9.17) is 5.73 Å². The van der Waals surface area contributed by atoms with E-state index in [2.05, 4.69) is 31.0 Å². The van der Waals surface area contributed by atoms with Crippen LogP contribution >= 0.6 is 0 Å². The molecule has 0 amide bonds. The minimum atomic E-state index is 0.402. The smallest absolute Gasteiger partial charge is 0.0187 e. The molecule has 0 bridgehead atoms. The molecule has 1 aliphatic rings. The average Bonchev–Trinajstić information content (AvgIpc) is 2.50. The molecule has 1 aliphatic carbocycles. The molecule has 1 aromatic rings. The molecule has 1 fully saturated rings. The molecule has 2 heteroatoms. The molecule has 3 N–H and O–H groups in total. The molecule has 0 saturated heterocycles. The predicted molar refractivity (Wildman–Crippen MR) is 49.9 cm³/mol. The number of rotatable bonds is 2. The Labute approximate surface area is 73.2 Å². The minimum Gasteiger partial charge on any atom is -0.365 e. The van der Waals surface area contributed by atoms with Gasteiger partial charge < -0.3 is 10.7 Å². The Hall–Kier alpha value is -0.760. The highest BCUT2D eigenvalue weighted by atomic mass is 14.8. The van der Waals surface area contributed by atoms with Gasteiger partial charge in [-0.1, -0.05) is 13.8 Å². The van der Waals surface area contributed by atoms with Gasteiger partial charge in [0, 0.05) is 17.8 Å². The van der Waals surface area contributed by atoms with E-state index in [1.807, 2.05) is 6.20 Å². The molecular weight excluding hydrogens is 148 g/mol. The maximum atomic E-state index is 5.69. The van der Waals surface area contributed by atoms with Crippen molar-refractivity contribution in [3.63, 3.8) is 0 Å². The third-order valence-electron chi connectivity index (χ3n) is 3.26. The van der Waals surface area contributed by atoms with E-state index in [1.165, 1.54) is 5.69 Å². The predicted octanol–water partition coefficient (Wildman–Crippen LogP) is 1.71. The van der Waals surface area contributed by atoms with Crippen molar-refractivity contribution >= 4 is 0 Å². The number of hydrogen-bond donors (Lipinski definition) is 2. The Morgan fingerprint density at radius 2 is 2.33 bits per heavy atom. The van der Waals surface area contributed by atoms with E-state index in [0.717, 1.165) is 6.54 Å². The molecule has 0 radical (unpaired) electrons. The number of nitrogens with two attached hydrogens (primary N) is 1. The Balaban J connectivity index is 2.19. The lowest BCUT2D eigenvalue weighted by molar-refractivity contribution is 0.557. The molecule has 0 spiro atoms. The van der Waals surface area contributed by atoms with Crippen LogP contribution in [0.25, 0.3) is 0 Å². The maximum Gasteiger partial charge on any atom is 0.0187 e. The van der Waals surface area contributed by atoms with Crippen LogP contribution in [-0.2, 0) is 0 Å². The number of H-pyrrole nitrogens is 1. The molecule has 2 atom stereocenters. The highest BCUT2D eigenvalue weighted by Crippen LogP contribution is 2.63. The molecule has 2 nitrogen and oxygen atoms in total. The summed E-state index contributed by atoms with van der Waals surface area (Å²) in [6.07, 6.45) is 1.98. The molecule has 0 aliphatic heterocycles. The molecule has 1 heterocycles. The lowest BCUT2D eigenvalue weighted by Crippen LogP contribution is -2.05. The standard InChI is InChI=1S/C10H16N2/c1-10(2)7(6-11)9(10)8-4-3-5-12-8/h3-5,7,9,12H,6,11H2,1-2H3/t7-,9+/m0/s1. The van der Waals surface area contributed by atoms with Gasteiger partial charge in [-0.05, 0) is 30.0 Å². The molecule has 0 aromatic carbocycles. The van der Waals surface area contributed by atoms with Crippen LogP contribution in [0.15, 0.2) is 18.3 Å². The van der Waals surface area contributed by atoms with Crippen molar-refractivity contribution in [2.75, 3.05) is 6.54 Å². The third kappa shape index (κ3) is 0.911. The van der Waals surface area contributed by atoms with Crippen molar-refractivity contribution in [1.82, 2.24) is 4.98 Å². The first-order chi connectivity index (χ1) is 5.68. The van der Waals surface area contributed by atoms with Gasteiger partial charge in [0.25, 0.3) is 0 Å². The second-order valence-electron chi connectivity index (χ2n) is 4.27. The largest absolute Gasteiger partial charge is 0.365 e. The molecular formula is C10H16N2. The first kappa shape index (κ1) is 7.87. The fourth-order valence-electron chi connectivity index (χ4n) is 2.34. The van der Waals surface area contributed by atoms with Crippen LogP contribution in [0, 0.1) is 11.3 Å². The fourth-order valence-corrected chi connectivity index (χ4v) is 2.34. The van der Waals surface area contributed by atoms with Crippen LogP contribution in [0.5, 0.6) is 0 Å². The van der Waals surface area contributed by atoms with Crippen molar-refractivity contribution in [3.8, 4) is 0 Å². The van der Waals surface area contributed by atoms with Crippen LogP contribution in [0.1, 0.15) is 25.5 Å². The quantitative estimate of drug-likeness (QED) is 0.686. The van der Waals surface area contributed by atoms with Crippen molar-refractivity contribution < 1.29 is 0 Å². The SMILES string of the molecule is CC1(C)[C@@H](CN)[C@@H]1c1ccc[nH]1. The molecule has 1 aromatic heterocycles. The Morgan fingerprint density at radius 3 is 2.75 bits per heavy atom. The van der Waals surface area contributed by atoms with Gasteiger partial charge in [0.1, 0.15) is 0 Å². The first-order valence-corrected chi connectivity index (χ1v) is 4.51. The summed E-state index contributed by atoms with van der Waals surface area (Å²) in [6.45, 7) is 5.38. The van der Waals surface area contributed by atoms with Gasteiger partial charge in [0.2, 0.25) is 0 Å². The normalized spacial score (nSPS) is 31.9. The number of nitrogens with one attached hydrogen (secondary N) is 1. The van der Waals surface area contributed by atoms with E-state index >= 15 is 0 Å². The van der Waals surface area contributed by atoms with Gasteiger partial charge in [-0.2, -0.15) is 0 Å². The molecule has 66 valence electrons. The Morgan fingerprint density at radius 1 is 1.58 bits per heavy atom. The van der Waals surface area contributed by atoms with Crippen molar-refractivity contribution in [2.45, 2.75) is 19.8 Å². The molecule has 2 rings (SSSR count). The summed E-state index contributed by atoms with van der Waals surface area (Å²) in [4.78, 5) is 3.26. The van der Waals surface area contributed by atoms with Crippen LogP contribution < -0.4 is 5.73 Å². The van der Waals surface area contributed by atoms with Crippen molar-refractivity contribution in [1.29, 1.82) is 0 Å². The van der Waals surface area contributed by atoms with E-state index in [9.17, 15) is 0 Å². The summed E-state index contributed by atoms with van der Waals surface area (Å²) < 4.78 is 0. The highest BCUT2D eigenvalue weighted by Gasteiger charge is 2.57. The number of hydrogen-bond acceptors (Lipinski definition) is 1. The van der Waals surface area contributed by atoms with Gasteiger partial charge in [-0.15, -0.1) is 0 Å². The summed E-state index contributed by atoms with van der Waals surface area (Å²) in [5.41, 5.74) is 7.44. The van der Waals surface area contributed by atoms with Crippen molar-refractivity contribution in [2.24, 2.45) is 17.1 Å². The summed E-state index contributed by atoms with van der Waals surface area (Å²) in [5.74, 6) is 1.31. The maximum absolute atomic E-state index is 5.69. The number of aromatic nitrogens is 1. The van der Waals surface area contributed by atoms with Crippen LogP contribution in [-0.4, -0.2) is 11.5 Å². The van der Waals surface area contributed by atoms with Crippen LogP contribution in [0.2, 0.25) is 0 Å². The summed E-state index contributed by atoms with van der Waals surface area (Å²) in [7, 11) is 0. The summed E-state index contributed by atoms with van der Waals surface area (Å²) in [5, 5.41) is 0. The van der Waals surface area contributed by atoms with E-state index in [1.54, 1.807) is 0 Å². The van der Waals surface area contributed by atoms with Gasteiger partial charge in [-0.25, -0.2) is 0 Å². The second kappa shape index (κ2) is 2.36. The Bertz CT molecular complexity index is 261. The zero-order valence-corrected chi connectivity index (χ0v) is 7.67. The average molecular weight is 164 g/mol. The van der Waals surface area contributed by atoms with Crippen LogP contribution in [0.4, 0.5) is 0 Å². The number of aromatic amines is 1. The monoisotopic (exact) mass is 164 g/mol. The van der Waals surface area contributed by atoms with Gasteiger partial charge in [-0.3, -0.25) is 0 Å². The second-order valence-corrected chi connectivity index (χ2v) is 4.27.